The largest absolute Gasteiger partial charge is 0.313 e. The van der Waals surface area contributed by atoms with Gasteiger partial charge in [0.15, 0.2) is 0 Å². The molecule has 0 aliphatic heterocycles. The average molecular weight is 162 g/mol. The number of H-pyrrole nitrogens is 1. The molecule has 60 valence electrons. The lowest BCUT2D eigenvalue weighted by molar-refractivity contribution is 0.985. The lowest BCUT2D eigenvalue weighted by Gasteiger charge is -1.95. The van der Waals surface area contributed by atoms with Crippen molar-refractivity contribution in [2.75, 3.05) is 0 Å². The van der Waals surface area contributed by atoms with Crippen molar-refractivity contribution in [2.45, 2.75) is 6.92 Å². The van der Waals surface area contributed by atoms with Gasteiger partial charge in [-0.15, -0.1) is 0 Å². The molecule has 2 aromatic heterocycles. The van der Waals surface area contributed by atoms with Gasteiger partial charge in [0, 0.05) is 0 Å². The number of aromatic nitrogens is 4. The van der Waals surface area contributed by atoms with Crippen LogP contribution in [0.4, 0.5) is 0 Å². The summed E-state index contributed by atoms with van der Waals surface area (Å²) in [5.41, 5.74) is 1.09. The fraction of sp³-hybridized carbons (Fsp3) is 0.143. The summed E-state index contributed by atoms with van der Waals surface area (Å²) in [5, 5.41) is 7.92. The van der Waals surface area contributed by atoms with Crippen LogP contribution in [0.15, 0.2) is 17.3 Å². The van der Waals surface area contributed by atoms with E-state index in [1.807, 2.05) is 0 Å². The topological polar surface area (TPSA) is 71.5 Å². The first-order valence-electron chi connectivity index (χ1n) is 3.45. The fourth-order valence-corrected chi connectivity index (χ4v) is 1.04. The highest BCUT2D eigenvalue weighted by Gasteiger charge is 2.01. The lowest BCUT2D eigenvalue weighted by atomic mass is 10.3. The van der Waals surface area contributed by atoms with Crippen LogP contribution < -0.4 is 5.56 Å². The molecule has 12 heavy (non-hydrogen) atoms. The standard InChI is InChI=1S/C7H6N4O/c1-4-6-5(2-10-11-4)7(12)9-3-8-6/h2-3H,1H3,(H,8,9,12). The second-order valence-electron chi connectivity index (χ2n) is 2.42. The van der Waals surface area contributed by atoms with Crippen molar-refractivity contribution in [3.63, 3.8) is 0 Å². The molecule has 1 N–H and O–H groups in total. The normalized spacial score (nSPS) is 10.4. The van der Waals surface area contributed by atoms with Crippen LogP contribution in [-0.4, -0.2) is 20.2 Å². The van der Waals surface area contributed by atoms with Gasteiger partial charge in [0.2, 0.25) is 0 Å². The molecule has 5 heteroatoms. The minimum atomic E-state index is -0.182. The Bertz CT molecular complexity index is 476. The number of nitrogens with zero attached hydrogens (tertiary/aromatic N) is 3. The van der Waals surface area contributed by atoms with Crippen LogP contribution in [0.5, 0.6) is 0 Å². The molecule has 0 unspecified atom stereocenters. The Labute approximate surface area is 67.5 Å². The van der Waals surface area contributed by atoms with Gasteiger partial charge < -0.3 is 4.98 Å². The average Bonchev–Trinajstić information content (AvgIpc) is 2.07. The molecule has 0 amide bonds. The molecule has 0 aliphatic rings. The third kappa shape index (κ3) is 0.868. The molecule has 0 atom stereocenters. The van der Waals surface area contributed by atoms with E-state index in [1.54, 1.807) is 6.92 Å². The SMILES string of the molecule is Cc1nncc2c(=O)[nH]cnc12. The smallest absolute Gasteiger partial charge is 0.260 e. The van der Waals surface area contributed by atoms with Gasteiger partial charge in [-0.2, -0.15) is 10.2 Å². The first-order chi connectivity index (χ1) is 5.79. The van der Waals surface area contributed by atoms with Gasteiger partial charge in [-0.1, -0.05) is 0 Å². The Balaban J connectivity index is 3.05. The molecule has 0 bridgehead atoms. The highest BCUT2D eigenvalue weighted by atomic mass is 16.1. The summed E-state index contributed by atoms with van der Waals surface area (Å²) in [6.07, 6.45) is 2.77. The van der Waals surface area contributed by atoms with Crippen LogP contribution in [0.25, 0.3) is 10.9 Å². The van der Waals surface area contributed by atoms with Crippen molar-refractivity contribution in [2.24, 2.45) is 0 Å². The van der Waals surface area contributed by atoms with Crippen LogP contribution in [0.3, 0.4) is 0 Å². The molecule has 0 fully saturated rings. The van der Waals surface area contributed by atoms with Crippen molar-refractivity contribution in [1.29, 1.82) is 0 Å². The van der Waals surface area contributed by atoms with Crippen LogP contribution in [0.1, 0.15) is 5.69 Å². The number of nitrogens with one attached hydrogen (secondary N) is 1. The molecule has 0 spiro atoms. The third-order valence-electron chi connectivity index (χ3n) is 1.63. The van der Waals surface area contributed by atoms with Gasteiger partial charge in [0.25, 0.3) is 5.56 Å². The molecule has 0 saturated heterocycles. The van der Waals surface area contributed by atoms with Crippen LogP contribution in [-0.2, 0) is 0 Å². The zero-order chi connectivity index (χ0) is 8.55. The highest BCUT2D eigenvalue weighted by Crippen LogP contribution is 2.04. The summed E-state index contributed by atoms with van der Waals surface area (Å²) in [6.45, 7) is 1.77. The third-order valence-corrected chi connectivity index (χ3v) is 1.63. The second kappa shape index (κ2) is 2.37. The van der Waals surface area contributed by atoms with Gasteiger partial charge in [0.1, 0.15) is 5.52 Å². The van der Waals surface area contributed by atoms with E-state index < -0.39 is 0 Å². The van der Waals surface area contributed by atoms with E-state index in [9.17, 15) is 4.79 Å². The van der Waals surface area contributed by atoms with E-state index in [0.717, 1.165) is 0 Å². The molecule has 0 radical (unpaired) electrons. The molecule has 0 aromatic carbocycles. The predicted octanol–water partition coefficient (Wildman–Crippen LogP) is 0.0215. The zero-order valence-electron chi connectivity index (χ0n) is 6.40. The van der Waals surface area contributed by atoms with Gasteiger partial charge in [-0.25, -0.2) is 4.98 Å². The number of aromatic amines is 1. The highest BCUT2D eigenvalue weighted by molar-refractivity contribution is 5.77. The number of rotatable bonds is 0. The predicted molar refractivity (Wildman–Crippen MR) is 42.7 cm³/mol. The Kier molecular flexibility index (Phi) is 1.36. The Morgan fingerprint density at radius 3 is 3.08 bits per heavy atom. The fourth-order valence-electron chi connectivity index (χ4n) is 1.04. The Morgan fingerprint density at radius 2 is 2.33 bits per heavy atom. The van der Waals surface area contributed by atoms with Gasteiger partial charge in [-0.05, 0) is 6.92 Å². The second-order valence-corrected chi connectivity index (χ2v) is 2.42. The quantitative estimate of drug-likeness (QED) is 0.592. The van der Waals surface area contributed by atoms with Crippen molar-refractivity contribution >= 4 is 10.9 Å². The summed E-state index contributed by atoms with van der Waals surface area (Å²) in [5.74, 6) is 0. The number of fused-ring (bicyclic) bond motifs is 1. The number of hydrogen-bond acceptors (Lipinski definition) is 4. The minimum Gasteiger partial charge on any atom is -0.313 e. The van der Waals surface area contributed by atoms with Crippen molar-refractivity contribution < 1.29 is 0 Å². The van der Waals surface area contributed by atoms with Gasteiger partial charge >= 0.3 is 0 Å². The molecule has 2 rings (SSSR count). The van der Waals surface area contributed by atoms with Gasteiger partial charge in [-0.3, -0.25) is 4.79 Å². The maximum Gasteiger partial charge on any atom is 0.260 e. The summed E-state index contributed by atoms with van der Waals surface area (Å²) in [4.78, 5) is 17.6. The number of hydrogen-bond donors (Lipinski definition) is 1. The van der Waals surface area contributed by atoms with Crippen LogP contribution >= 0.6 is 0 Å². The van der Waals surface area contributed by atoms with Crippen LogP contribution in [0.2, 0.25) is 0 Å². The molecular formula is C7H6N4O. The van der Waals surface area contributed by atoms with Crippen molar-refractivity contribution in [3.05, 3.63) is 28.6 Å². The van der Waals surface area contributed by atoms with E-state index in [1.165, 1.54) is 12.5 Å². The molecular weight excluding hydrogens is 156 g/mol. The lowest BCUT2D eigenvalue weighted by Crippen LogP contribution is -2.08. The Hall–Kier alpha value is -1.78. The summed E-state index contributed by atoms with van der Waals surface area (Å²) < 4.78 is 0. The maximum absolute atomic E-state index is 11.2. The molecule has 2 heterocycles. The summed E-state index contributed by atoms with van der Waals surface area (Å²) >= 11 is 0. The molecule has 5 nitrogen and oxygen atoms in total. The Morgan fingerprint density at radius 1 is 1.50 bits per heavy atom. The maximum atomic E-state index is 11.2. The van der Waals surface area contributed by atoms with E-state index in [-0.39, 0.29) is 5.56 Å². The van der Waals surface area contributed by atoms with E-state index in [4.69, 9.17) is 0 Å². The van der Waals surface area contributed by atoms with E-state index >= 15 is 0 Å². The van der Waals surface area contributed by atoms with Crippen molar-refractivity contribution in [1.82, 2.24) is 20.2 Å². The zero-order valence-corrected chi connectivity index (χ0v) is 6.40. The summed E-state index contributed by atoms with van der Waals surface area (Å²) in [7, 11) is 0. The number of aryl methyl sites for hydroxylation is 1. The molecule has 0 saturated carbocycles. The first kappa shape index (κ1) is 6.90. The molecule has 0 aliphatic carbocycles. The minimum absolute atomic E-state index is 0.182. The monoisotopic (exact) mass is 162 g/mol. The van der Waals surface area contributed by atoms with Crippen molar-refractivity contribution in [3.8, 4) is 0 Å². The van der Waals surface area contributed by atoms with E-state index in [0.29, 0.717) is 16.6 Å². The van der Waals surface area contributed by atoms with E-state index in [2.05, 4.69) is 20.2 Å². The molecule has 2 aromatic rings. The van der Waals surface area contributed by atoms with Crippen LogP contribution in [0, 0.1) is 6.92 Å². The van der Waals surface area contributed by atoms with Gasteiger partial charge in [0.05, 0.1) is 23.6 Å². The first-order valence-corrected chi connectivity index (χ1v) is 3.45. The summed E-state index contributed by atoms with van der Waals surface area (Å²) in [6, 6.07) is 0.